The first kappa shape index (κ1) is 14.4. The third-order valence-electron chi connectivity index (χ3n) is 4.00. The lowest BCUT2D eigenvalue weighted by atomic mass is 9.96. The zero-order valence-corrected chi connectivity index (χ0v) is 12.3. The molecule has 2 unspecified atom stereocenters. The van der Waals surface area contributed by atoms with Gasteiger partial charge in [0.2, 0.25) is 11.8 Å². The van der Waals surface area contributed by atoms with E-state index in [0.29, 0.717) is 11.8 Å². The van der Waals surface area contributed by atoms with Crippen LogP contribution >= 0.6 is 0 Å². The van der Waals surface area contributed by atoms with Gasteiger partial charge in [0.05, 0.1) is 0 Å². The predicted octanol–water partition coefficient (Wildman–Crippen LogP) is 1.94. The fourth-order valence-corrected chi connectivity index (χ4v) is 2.81. The van der Waals surface area contributed by atoms with Crippen LogP contribution in [0.1, 0.15) is 52.9 Å². The Hall–Kier alpha value is -1.06. The summed E-state index contributed by atoms with van der Waals surface area (Å²) in [6.07, 6.45) is 4.86. The minimum atomic E-state index is -0.306. The molecule has 0 bridgehead atoms. The summed E-state index contributed by atoms with van der Waals surface area (Å²) >= 11 is 0. The van der Waals surface area contributed by atoms with E-state index in [1.165, 1.54) is 12.8 Å². The summed E-state index contributed by atoms with van der Waals surface area (Å²) < 4.78 is 0. The van der Waals surface area contributed by atoms with Crippen molar-refractivity contribution in [3.05, 3.63) is 0 Å². The molecule has 4 nitrogen and oxygen atoms in total. The summed E-state index contributed by atoms with van der Waals surface area (Å²) in [4.78, 5) is 26.7. The lowest BCUT2D eigenvalue weighted by Crippen LogP contribution is -2.63. The van der Waals surface area contributed by atoms with E-state index >= 15 is 0 Å². The van der Waals surface area contributed by atoms with Gasteiger partial charge in [-0.3, -0.25) is 9.59 Å². The van der Waals surface area contributed by atoms with Crippen LogP contribution in [0.25, 0.3) is 0 Å². The summed E-state index contributed by atoms with van der Waals surface area (Å²) in [5.41, 5.74) is 0. The van der Waals surface area contributed by atoms with Crippen LogP contribution in [0.3, 0.4) is 0 Å². The first-order valence-electron chi connectivity index (χ1n) is 7.63. The first-order chi connectivity index (χ1) is 9.02. The second kappa shape index (κ2) is 5.93. The van der Waals surface area contributed by atoms with Crippen molar-refractivity contribution in [3.8, 4) is 0 Å². The van der Waals surface area contributed by atoms with Gasteiger partial charge in [-0.15, -0.1) is 0 Å². The van der Waals surface area contributed by atoms with Gasteiger partial charge in [0.1, 0.15) is 12.1 Å². The molecule has 0 aromatic carbocycles. The van der Waals surface area contributed by atoms with Crippen LogP contribution in [0.15, 0.2) is 0 Å². The average Bonchev–Trinajstić information content (AvgIpc) is 3.13. The zero-order chi connectivity index (χ0) is 14.0. The summed E-state index contributed by atoms with van der Waals surface area (Å²) in [6.45, 7) is 7.02. The second-order valence-electron chi connectivity index (χ2n) is 6.43. The highest BCUT2D eigenvalue weighted by Gasteiger charge is 2.41. The second-order valence-corrected chi connectivity index (χ2v) is 6.43. The monoisotopic (exact) mass is 266 g/mol. The largest absolute Gasteiger partial charge is 0.342 e. The number of hydrogen-bond acceptors (Lipinski definition) is 2. The molecule has 1 N–H and O–H groups in total. The quantitative estimate of drug-likeness (QED) is 0.798. The Balaban J connectivity index is 2.09. The smallest absolute Gasteiger partial charge is 0.245 e. The minimum Gasteiger partial charge on any atom is -0.342 e. The SMILES string of the molecule is CCCC1C(=O)NC(CC(C)C)C(=O)N1CC1CC1. The fourth-order valence-electron chi connectivity index (χ4n) is 2.81. The summed E-state index contributed by atoms with van der Waals surface area (Å²) in [7, 11) is 0. The Kier molecular flexibility index (Phi) is 4.48. The topological polar surface area (TPSA) is 49.4 Å². The van der Waals surface area contributed by atoms with E-state index < -0.39 is 0 Å². The van der Waals surface area contributed by atoms with Crippen molar-refractivity contribution < 1.29 is 9.59 Å². The van der Waals surface area contributed by atoms with Gasteiger partial charge in [0, 0.05) is 6.54 Å². The van der Waals surface area contributed by atoms with Gasteiger partial charge >= 0.3 is 0 Å². The van der Waals surface area contributed by atoms with E-state index in [4.69, 9.17) is 0 Å². The Morgan fingerprint density at radius 2 is 2.00 bits per heavy atom. The van der Waals surface area contributed by atoms with E-state index in [2.05, 4.69) is 26.1 Å². The van der Waals surface area contributed by atoms with Crippen LogP contribution in [0, 0.1) is 11.8 Å². The van der Waals surface area contributed by atoms with Crippen molar-refractivity contribution >= 4 is 11.8 Å². The third kappa shape index (κ3) is 3.48. The van der Waals surface area contributed by atoms with Crippen molar-refractivity contribution in [1.82, 2.24) is 10.2 Å². The highest BCUT2D eigenvalue weighted by Crippen LogP contribution is 2.32. The van der Waals surface area contributed by atoms with Crippen LogP contribution in [0.5, 0.6) is 0 Å². The Morgan fingerprint density at radius 3 is 2.53 bits per heavy atom. The molecule has 0 aromatic heterocycles. The van der Waals surface area contributed by atoms with Crippen molar-refractivity contribution in [2.45, 2.75) is 65.0 Å². The molecule has 2 fully saturated rings. The van der Waals surface area contributed by atoms with Gasteiger partial charge in [-0.1, -0.05) is 27.2 Å². The zero-order valence-electron chi connectivity index (χ0n) is 12.3. The molecule has 2 amide bonds. The fraction of sp³-hybridized carbons (Fsp3) is 0.867. The molecule has 2 atom stereocenters. The Labute approximate surface area is 115 Å². The number of piperazine rings is 1. The number of amides is 2. The molecular weight excluding hydrogens is 240 g/mol. The van der Waals surface area contributed by atoms with Gasteiger partial charge in [-0.25, -0.2) is 0 Å². The molecule has 108 valence electrons. The van der Waals surface area contributed by atoms with E-state index in [-0.39, 0.29) is 23.9 Å². The van der Waals surface area contributed by atoms with E-state index in [0.717, 1.165) is 25.8 Å². The normalized spacial score (nSPS) is 27.9. The van der Waals surface area contributed by atoms with Crippen molar-refractivity contribution in [2.24, 2.45) is 11.8 Å². The van der Waals surface area contributed by atoms with Gasteiger partial charge in [0.15, 0.2) is 0 Å². The van der Waals surface area contributed by atoms with Crippen molar-refractivity contribution in [2.75, 3.05) is 6.54 Å². The molecular formula is C15H26N2O2. The van der Waals surface area contributed by atoms with Gasteiger partial charge < -0.3 is 10.2 Å². The van der Waals surface area contributed by atoms with Crippen LogP contribution in [-0.4, -0.2) is 35.3 Å². The van der Waals surface area contributed by atoms with Gasteiger partial charge in [-0.05, 0) is 37.5 Å². The first-order valence-corrected chi connectivity index (χ1v) is 7.63. The molecule has 0 aromatic rings. The number of carbonyl (C=O) groups excluding carboxylic acids is 2. The summed E-state index contributed by atoms with van der Waals surface area (Å²) in [5.74, 6) is 1.24. The maximum Gasteiger partial charge on any atom is 0.245 e. The number of nitrogens with one attached hydrogen (secondary N) is 1. The molecule has 2 rings (SSSR count). The molecule has 1 aliphatic heterocycles. The molecule has 4 heteroatoms. The lowest BCUT2D eigenvalue weighted by Gasteiger charge is -2.39. The lowest BCUT2D eigenvalue weighted by molar-refractivity contribution is -0.150. The molecule has 1 saturated heterocycles. The molecule has 1 saturated carbocycles. The van der Waals surface area contributed by atoms with Gasteiger partial charge in [-0.2, -0.15) is 0 Å². The molecule has 1 heterocycles. The van der Waals surface area contributed by atoms with Gasteiger partial charge in [0.25, 0.3) is 0 Å². The van der Waals surface area contributed by atoms with Crippen LogP contribution < -0.4 is 5.32 Å². The molecule has 0 radical (unpaired) electrons. The van der Waals surface area contributed by atoms with Crippen LogP contribution in [0.2, 0.25) is 0 Å². The Morgan fingerprint density at radius 1 is 1.32 bits per heavy atom. The predicted molar refractivity (Wildman–Crippen MR) is 74.5 cm³/mol. The van der Waals surface area contributed by atoms with Crippen molar-refractivity contribution in [3.63, 3.8) is 0 Å². The van der Waals surface area contributed by atoms with Crippen molar-refractivity contribution in [1.29, 1.82) is 0 Å². The van der Waals surface area contributed by atoms with E-state index in [9.17, 15) is 9.59 Å². The highest BCUT2D eigenvalue weighted by molar-refractivity contribution is 5.97. The number of carbonyl (C=O) groups is 2. The minimum absolute atomic E-state index is 0.0488. The highest BCUT2D eigenvalue weighted by atomic mass is 16.2. The van der Waals surface area contributed by atoms with Crippen LogP contribution in [-0.2, 0) is 9.59 Å². The third-order valence-corrected chi connectivity index (χ3v) is 4.00. The van der Waals surface area contributed by atoms with E-state index in [1.54, 1.807) is 0 Å². The summed E-state index contributed by atoms with van der Waals surface area (Å²) in [6, 6.07) is -0.541. The maximum absolute atomic E-state index is 12.6. The van der Waals surface area contributed by atoms with Crippen LogP contribution in [0.4, 0.5) is 0 Å². The standard InChI is InChI=1S/C15H26N2O2/c1-4-5-13-14(18)16-12(8-10(2)3)15(19)17(13)9-11-6-7-11/h10-13H,4-9H2,1-3H3,(H,16,18). The molecule has 2 aliphatic rings. The molecule has 0 spiro atoms. The van der Waals surface area contributed by atoms with E-state index in [1.807, 2.05) is 4.90 Å². The number of rotatable bonds is 6. The number of hydrogen-bond donors (Lipinski definition) is 1. The molecule has 1 aliphatic carbocycles. The maximum atomic E-state index is 12.6. The number of nitrogens with zero attached hydrogens (tertiary/aromatic N) is 1. The molecule has 19 heavy (non-hydrogen) atoms. The Bertz CT molecular complexity index is 350. The summed E-state index contributed by atoms with van der Waals surface area (Å²) in [5, 5.41) is 2.93. The average molecular weight is 266 g/mol.